The van der Waals surface area contributed by atoms with Crippen molar-refractivity contribution in [1.29, 1.82) is 0 Å². The Morgan fingerprint density at radius 3 is 1.75 bits per heavy atom. The highest BCUT2D eigenvalue weighted by atomic mass is 35.5. The molecule has 2 aliphatic carbocycles. The van der Waals surface area contributed by atoms with Crippen LogP contribution in [0.2, 0.25) is 0 Å². The Morgan fingerprint density at radius 2 is 1.50 bits per heavy atom. The second kappa shape index (κ2) is 5.21. The predicted molar refractivity (Wildman–Crippen MR) is 53.5 cm³/mol. The maximum Gasteiger partial charge on any atom is 0.563 e. The molecule has 0 atom stereocenters. The van der Waals surface area contributed by atoms with Crippen molar-refractivity contribution in [2.75, 3.05) is 0 Å². The first-order valence-corrected chi connectivity index (χ1v) is 6.50. The fourth-order valence-corrected chi connectivity index (χ4v) is 1.48. The zero-order valence-corrected chi connectivity index (χ0v) is 9.91. The lowest BCUT2D eigenvalue weighted by atomic mass is 10.1. The molecule has 0 aromatic carbocycles. The Bertz CT molecular complexity index is 336. The standard InChI is InChI=1S/C8H10ClO6P/c9-13-16(10,14-11-7-3-1-4-7)15-12-8-5-2-6-8/h3,5H,1-2,4,6H2. The van der Waals surface area contributed by atoms with Crippen LogP contribution < -0.4 is 0 Å². The van der Waals surface area contributed by atoms with Gasteiger partial charge >= 0.3 is 7.82 Å². The molecule has 16 heavy (non-hydrogen) atoms. The van der Waals surface area contributed by atoms with Gasteiger partial charge in [-0.1, -0.05) is 9.35 Å². The van der Waals surface area contributed by atoms with Crippen LogP contribution in [0.3, 0.4) is 0 Å². The first kappa shape index (κ1) is 12.0. The SMILES string of the molecule is O=P(OCl)(OOC1=CCC1)OOC1=CCC1. The number of hydrogen-bond donors (Lipinski definition) is 0. The number of halogens is 1. The molecular weight excluding hydrogens is 259 g/mol. The number of rotatable bonds is 7. The van der Waals surface area contributed by atoms with Crippen molar-refractivity contribution in [2.24, 2.45) is 0 Å². The minimum absolute atomic E-state index is 0.556. The first-order valence-electron chi connectivity index (χ1n) is 4.73. The van der Waals surface area contributed by atoms with Gasteiger partial charge in [-0.05, 0) is 25.0 Å². The van der Waals surface area contributed by atoms with E-state index < -0.39 is 7.82 Å². The van der Waals surface area contributed by atoms with Crippen molar-refractivity contribution < 1.29 is 27.8 Å². The monoisotopic (exact) mass is 268 g/mol. The van der Waals surface area contributed by atoms with E-state index in [1.165, 1.54) is 0 Å². The third-order valence-corrected chi connectivity index (χ3v) is 3.27. The molecule has 0 fully saturated rings. The lowest BCUT2D eigenvalue weighted by Crippen LogP contribution is -2.04. The normalized spacial score (nSPS) is 19.1. The molecule has 2 aliphatic rings. The fourth-order valence-electron chi connectivity index (χ4n) is 0.898. The minimum Gasteiger partial charge on any atom is -0.332 e. The average molecular weight is 269 g/mol. The second-order valence-corrected chi connectivity index (χ2v) is 4.99. The molecule has 2 rings (SSSR count). The quantitative estimate of drug-likeness (QED) is 0.400. The van der Waals surface area contributed by atoms with Crippen molar-refractivity contribution in [3.8, 4) is 0 Å². The summed E-state index contributed by atoms with van der Waals surface area (Å²) in [5.41, 5.74) is 0. The van der Waals surface area contributed by atoms with Gasteiger partial charge in [0.05, 0.1) is 11.9 Å². The van der Waals surface area contributed by atoms with Crippen molar-refractivity contribution in [3.05, 3.63) is 23.7 Å². The van der Waals surface area contributed by atoms with Crippen LogP contribution in [0.15, 0.2) is 23.7 Å². The maximum absolute atomic E-state index is 11.6. The first-order chi connectivity index (χ1) is 7.72. The summed E-state index contributed by atoms with van der Waals surface area (Å²) >= 11 is 4.99. The Kier molecular flexibility index (Phi) is 3.89. The second-order valence-electron chi connectivity index (χ2n) is 3.25. The lowest BCUT2D eigenvalue weighted by molar-refractivity contribution is -0.248. The molecule has 0 aromatic heterocycles. The Morgan fingerprint density at radius 1 is 1.06 bits per heavy atom. The molecule has 0 aliphatic heterocycles. The molecule has 0 saturated heterocycles. The summed E-state index contributed by atoms with van der Waals surface area (Å²) < 4.78 is 24.5. The Balaban J connectivity index is 1.77. The zero-order valence-electron chi connectivity index (χ0n) is 8.26. The predicted octanol–water partition coefficient (Wildman–Crippen LogP) is 3.52. The molecule has 0 aromatic rings. The zero-order chi connectivity index (χ0) is 11.4. The average Bonchev–Trinajstić information content (AvgIpc) is 2.13. The number of phosphoric acid groups is 1. The van der Waals surface area contributed by atoms with Gasteiger partial charge in [0.2, 0.25) is 0 Å². The van der Waals surface area contributed by atoms with E-state index in [2.05, 4.69) is 23.2 Å². The highest BCUT2D eigenvalue weighted by Gasteiger charge is 2.34. The molecule has 0 radical (unpaired) electrons. The molecule has 0 bridgehead atoms. The Hall–Kier alpha value is -0.520. The third kappa shape index (κ3) is 2.99. The number of allylic oxidation sites excluding steroid dienone is 4. The summed E-state index contributed by atoms with van der Waals surface area (Å²) in [5, 5.41) is 0. The summed E-state index contributed by atoms with van der Waals surface area (Å²) in [6.07, 6.45) is 6.77. The van der Waals surface area contributed by atoms with Crippen molar-refractivity contribution in [3.63, 3.8) is 0 Å². The largest absolute Gasteiger partial charge is 0.563 e. The van der Waals surface area contributed by atoms with Gasteiger partial charge in [-0.25, -0.2) is 4.57 Å². The number of hydrogen-bond acceptors (Lipinski definition) is 6. The highest BCUT2D eigenvalue weighted by molar-refractivity contribution is 7.49. The van der Waals surface area contributed by atoms with Crippen LogP contribution in [0.4, 0.5) is 0 Å². The van der Waals surface area contributed by atoms with Crippen LogP contribution in [-0.4, -0.2) is 0 Å². The van der Waals surface area contributed by atoms with Crippen LogP contribution in [0.1, 0.15) is 25.7 Å². The van der Waals surface area contributed by atoms with Gasteiger partial charge in [0, 0.05) is 12.8 Å². The van der Waals surface area contributed by atoms with Crippen molar-refractivity contribution in [2.45, 2.75) is 25.7 Å². The molecule has 90 valence electrons. The van der Waals surface area contributed by atoms with E-state index in [1.54, 1.807) is 12.2 Å². The molecule has 8 heteroatoms. The van der Waals surface area contributed by atoms with Gasteiger partial charge in [0.15, 0.2) is 0 Å². The van der Waals surface area contributed by atoms with Gasteiger partial charge in [0.25, 0.3) is 0 Å². The van der Waals surface area contributed by atoms with Crippen LogP contribution in [0.5, 0.6) is 0 Å². The van der Waals surface area contributed by atoms with Gasteiger partial charge < -0.3 is 9.78 Å². The van der Waals surface area contributed by atoms with Crippen LogP contribution in [0.25, 0.3) is 0 Å². The van der Waals surface area contributed by atoms with E-state index in [0.29, 0.717) is 24.4 Å². The molecule has 0 amide bonds. The maximum atomic E-state index is 11.6. The van der Waals surface area contributed by atoms with E-state index in [4.69, 9.17) is 11.9 Å². The summed E-state index contributed by atoms with van der Waals surface area (Å²) in [5.74, 6) is 1.11. The molecule has 6 nitrogen and oxygen atoms in total. The molecule has 0 N–H and O–H groups in total. The van der Waals surface area contributed by atoms with Gasteiger partial charge in [-0.15, -0.1) is 0 Å². The van der Waals surface area contributed by atoms with E-state index in [9.17, 15) is 4.57 Å². The van der Waals surface area contributed by atoms with Crippen LogP contribution >= 0.6 is 19.7 Å². The molecular formula is C8H10ClO6P. The van der Waals surface area contributed by atoms with Gasteiger partial charge in [-0.3, -0.25) is 0 Å². The molecule has 0 saturated carbocycles. The summed E-state index contributed by atoms with van der Waals surface area (Å²) in [6.45, 7) is 0. The third-order valence-electron chi connectivity index (χ3n) is 2.08. The molecule has 0 spiro atoms. The van der Waals surface area contributed by atoms with Gasteiger partial charge in [-0.2, -0.15) is 4.08 Å². The minimum atomic E-state index is -4.03. The van der Waals surface area contributed by atoms with E-state index in [0.717, 1.165) is 12.8 Å². The summed E-state index contributed by atoms with van der Waals surface area (Å²) in [6, 6.07) is 0. The van der Waals surface area contributed by atoms with Crippen molar-refractivity contribution in [1.82, 2.24) is 0 Å². The van der Waals surface area contributed by atoms with Crippen molar-refractivity contribution >= 4 is 19.7 Å². The van der Waals surface area contributed by atoms with Gasteiger partial charge in [0.1, 0.15) is 11.5 Å². The Labute approximate surface area is 97.4 Å². The highest BCUT2D eigenvalue weighted by Crippen LogP contribution is 2.52. The molecule has 0 heterocycles. The van der Waals surface area contributed by atoms with E-state index >= 15 is 0 Å². The fraction of sp³-hybridized carbons (Fsp3) is 0.500. The summed E-state index contributed by atoms with van der Waals surface area (Å²) in [7, 11) is -4.03. The lowest BCUT2D eigenvalue weighted by Gasteiger charge is -2.18. The van der Waals surface area contributed by atoms with Crippen LogP contribution in [0, 0.1) is 0 Å². The van der Waals surface area contributed by atoms with Crippen LogP contribution in [-0.2, 0) is 27.8 Å². The summed E-state index contributed by atoms with van der Waals surface area (Å²) in [4.78, 5) is 9.36. The topological polar surface area (TPSA) is 63.2 Å². The molecule has 0 unspecified atom stereocenters. The smallest absolute Gasteiger partial charge is 0.332 e. The van der Waals surface area contributed by atoms with E-state index in [1.807, 2.05) is 0 Å². The van der Waals surface area contributed by atoms with E-state index in [-0.39, 0.29) is 0 Å².